The molecule has 0 saturated carbocycles. The topological polar surface area (TPSA) is 41.1 Å². The number of anilines is 2. The number of hydrogen-bond acceptors (Lipinski definition) is 2. The van der Waals surface area contributed by atoms with E-state index in [9.17, 15) is 13.6 Å². The van der Waals surface area contributed by atoms with Gasteiger partial charge in [0.25, 0.3) is 0 Å². The number of carbonyl (C=O) groups excluding carboxylic acids is 1. The fourth-order valence-electron chi connectivity index (χ4n) is 1.95. The second kappa shape index (κ2) is 6.35. The molecule has 1 amide bonds. The molecule has 5 heteroatoms. The molecule has 0 atom stereocenters. The van der Waals surface area contributed by atoms with Gasteiger partial charge in [-0.15, -0.1) is 0 Å². The predicted octanol–water partition coefficient (Wildman–Crippen LogP) is 3.84. The average molecular weight is 290 g/mol. The SMILES string of the molecule is CC(=O)Nc1cc(NCc2cc(F)ccc2C)ccc1F. The Morgan fingerprint density at radius 3 is 2.62 bits per heavy atom. The summed E-state index contributed by atoms with van der Waals surface area (Å²) in [7, 11) is 0. The van der Waals surface area contributed by atoms with Crippen molar-refractivity contribution in [2.45, 2.75) is 20.4 Å². The molecule has 0 radical (unpaired) electrons. The van der Waals surface area contributed by atoms with Crippen molar-refractivity contribution < 1.29 is 13.6 Å². The van der Waals surface area contributed by atoms with E-state index in [2.05, 4.69) is 10.6 Å². The first kappa shape index (κ1) is 15.0. The van der Waals surface area contributed by atoms with Crippen LogP contribution in [0.1, 0.15) is 18.1 Å². The Balaban J connectivity index is 2.13. The number of halogens is 2. The second-order valence-corrected chi connectivity index (χ2v) is 4.80. The highest BCUT2D eigenvalue weighted by Crippen LogP contribution is 2.21. The van der Waals surface area contributed by atoms with Crippen LogP contribution < -0.4 is 10.6 Å². The van der Waals surface area contributed by atoms with Crippen molar-refractivity contribution in [1.29, 1.82) is 0 Å². The van der Waals surface area contributed by atoms with Gasteiger partial charge in [0.15, 0.2) is 0 Å². The van der Waals surface area contributed by atoms with E-state index in [1.54, 1.807) is 12.1 Å². The summed E-state index contributed by atoms with van der Waals surface area (Å²) in [5.74, 6) is -1.14. The van der Waals surface area contributed by atoms with Crippen LogP contribution in [0.25, 0.3) is 0 Å². The molecule has 3 nitrogen and oxygen atoms in total. The smallest absolute Gasteiger partial charge is 0.221 e. The normalized spacial score (nSPS) is 10.3. The van der Waals surface area contributed by atoms with Crippen LogP contribution in [0.4, 0.5) is 20.2 Å². The fraction of sp³-hybridized carbons (Fsp3) is 0.188. The predicted molar refractivity (Wildman–Crippen MR) is 79.2 cm³/mol. The molecule has 0 unspecified atom stereocenters. The maximum Gasteiger partial charge on any atom is 0.221 e. The minimum absolute atomic E-state index is 0.114. The lowest BCUT2D eigenvalue weighted by Gasteiger charge is -2.11. The number of carbonyl (C=O) groups is 1. The number of nitrogens with one attached hydrogen (secondary N) is 2. The molecule has 21 heavy (non-hydrogen) atoms. The highest BCUT2D eigenvalue weighted by Gasteiger charge is 2.06. The van der Waals surface area contributed by atoms with Gasteiger partial charge in [-0.25, -0.2) is 8.78 Å². The van der Waals surface area contributed by atoms with Gasteiger partial charge in [0.05, 0.1) is 5.69 Å². The summed E-state index contributed by atoms with van der Waals surface area (Å²) in [6, 6.07) is 8.92. The Kier molecular flexibility index (Phi) is 4.52. The summed E-state index contributed by atoms with van der Waals surface area (Å²) in [6.45, 7) is 3.62. The average Bonchev–Trinajstić information content (AvgIpc) is 2.42. The molecule has 0 bridgehead atoms. The summed E-state index contributed by atoms with van der Waals surface area (Å²) < 4.78 is 26.7. The fourth-order valence-corrected chi connectivity index (χ4v) is 1.95. The number of rotatable bonds is 4. The van der Waals surface area contributed by atoms with Crippen molar-refractivity contribution in [3.8, 4) is 0 Å². The molecule has 0 aliphatic heterocycles. The zero-order valence-corrected chi connectivity index (χ0v) is 11.8. The molecule has 0 saturated heterocycles. The van der Waals surface area contributed by atoms with E-state index in [0.717, 1.165) is 11.1 Å². The molecule has 2 aromatic carbocycles. The summed E-state index contributed by atoms with van der Waals surface area (Å²) in [5.41, 5.74) is 2.54. The molecule has 0 fully saturated rings. The van der Waals surface area contributed by atoms with Crippen molar-refractivity contribution in [3.05, 3.63) is 59.2 Å². The van der Waals surface area contributed by atoms with Gasteiger partial charge < -0.3 is 10.6 Å². The summed E-state index contributed by atoms with van der Waals surface area (Å²) >= 11 is 0. The molecule has 2 N–H and O–H groups in total. The highest BCUT2D eigenvalue weighted by molar-refractivity contribution is 5.89. The number of benzene rings is 2. The van der Waals surface area contributed by atoms with Gasteiger partial charge in [0, 0.05) is 19.2 Å². The molecule has 0 aliphatic carbocycles. The number of amides is 1. The molecule has 0 aromatic heterocycles. The maximum absolute atomic E-state index is 13.5. The van der Waals surface area contributed by atoms with Gasteiger partial charge in [-0.05, 0) is 48.4 Å². The van der Waals surface area contributed by atoms with Crippen molar-refractivity contribution in [2.75, 3.05) is 10.6 Å². The van der Waals surface area contributed by atoms with Crippen molar-refractivity contribution in [1.82, 2.24) is 0 Å². The van der Waals surface area contributed by atoms with Crippen molar-refractivity contribution in [3.63, 3.8) is 0 Å². The van der Waals surface area contributed by atoms with Gasteiger partial charge in [-0.1, -0.05) is 6.07 Å². The first-order valence-corrected chi connectivity index (χ1v) is 6.52. The standard InChI is InChI=1S/C16H16F2N2O/c1-10-3-4-13(17)7-12(10)9-19-14-5-6-15(18)16(8-14)20-11(2)21/h3-8,19H,9H2,1-2H3,(H,20,21). The third kappa shape index (κ3) is 4.02. The third-order valence-corrected chi connectivity index (χ3v) is 3.07. The zero-order chi connectivity index (χ0) is 15.4. The van der Waals surface area contributed by atoms with Crippen LogP contribution in [-0.2, 0) is 11.3 Å². The highest BCUT2D eigenvalue weighted by atomic mass is 19.1. The van der Waals surface area contributed by atoms with E-state index in [0.29, 0.717) is 12.2 Å². The molecule has 0 aliphatic rings. The first-order chi connectivity index (χ1) is 9.95. The summed E-state index contributed by atoms with van der Waals surface area (Å²) in [6.07, 6.45) is 0. The van der Waals surface area contributed by atoms with Crippen LogP contribution in [0.2, 0.25) is 0 Å². The van der Waals surface area contributed by atoms with E-state index in [1.807, 2.05) is 6.92 Å². The Morgan fingerprint density at radius 1 is 1.14 bits per heavy atom. The van der Waals surface area contributed by atoms with E-state index in [1.165, 1.54) is 31.2 Å². The van der Waals surface area contributed by atoms with Gasteiger partial charge in [0.2, 0.25) is 5.91 Å². The maximum atomic E-state index is 13.5. The molecular formula is C16H16F2N2O. The van der Waals surface area contributed by atoms with Gasteiger partial charge in [0.1, 0.15) is 11.6 Å². The summed E-state index contributed by atoms with van der Waals surface area (Å²) in [4.78, 5) is 11.0. The van der Waals surface area contributed by atoms with Crippen LogP contribution in [0.15, 0.2) is 36.4 Å². The van der Waals surface area contributed by atoms with E-state index < -0.39 is 5.82 Å². The van der Waals surface area contributed by atoms with Gasteiger partial charge >= 0.3 is 0 Å². The lowest BCUT2D eigenvalue weighted by molar-refractivity contribution is -0.114. The van der Waals surface area contributed by atoms with Gasteiger partial charge in [-0.3, -0.25) is 4.79 Å². The number of hydrogen-bond donors (Lipinski definition) is 2. The van der Waals surface area contributed by atoms with Crippen LogP contribution in [-0.4, -0.2) is 5.91 Å². The number of aryl methyl sites for hydroxylation is 1. The van der Waals surface area contributed by atoms with E-state index >= 15 is 0 Å². The van der Waals surface area contributed by atoms with Gasteiger partial charge in [-0.2, -0.15) is 0 Å². The van der Waals surface area contributed by atoms with E-state index in [4.69, 9.17) is 0 Å². The zero-order valence-electron chi connectivity index (χ0n) is 11.8. The van der Waals surface area contributed by atoms with Crippen LogP contribution in [0.3, 0.4) is 0 Å². The van der Waals surface area contributed by atoms with Crippen molar-refractivity contribution in [2.24, 2.45) is 0 Å². The molecule has 0 spiro atoms. The molecular weight excluding hydrogens is 274 g/mol. The third-order valence-electron chi connectivity index (χ3n) is 3.07. The Hall–Kier alpha value is -2.43. The molecule has 0 heterocycles. The lowest BCUT2D eigenvalue weighted by Crippen LogP contribution is -2.08. The largest absolute Gasteiger partial charge is 0.381 e. The minimum atomic E-state index is -0.502. The Labute approximate surface area is 122 Å². The monoisotopic (exact) mass is 290 g/mol. The molecule has 2 rings (SSSR count). The van der Waals surface area contributed by atoms with Crippen molar-refractivity contribution >= 4 is 17.3 Å². The van der Waals surface area contributed by atoms with Crippen LogP contribution in [0.5, 0.6) is 0 Å². The molecule has 2 aromatic rings. The van der Waals surface area contributed by atoms with E-state index in [-0.39, 0.29) is 17.4 Å². The quantitative estimate of drug-likeness (QED) is 0.898. The molecule has 110 valence electrons. The second-order valence-electron chi connectivity index (χ2n) is 4.80. The van der Waals surface area contributed by atoms with Crippen LogP contribution >= 0.6 is 0 Å². The Bertz CT molecular complexity index is 671. The minimum Gasteiger partial charge on any atom is -0.381 e. The lowest BCUT2D eigenvalue weighted by atomic mass is 10.1. The summed E-state index contributed by atoms with van der Waals surface area (Å²) in [5, 5.41) is 5.50. The first-order valence-electron chi connectivity index (χ1n) is 6.52. The van der Waals surface area contributed by atoms with Crippen LogP contribution in [0, 0.1) is 18.6 Å². The Morgan fingerprint density at radius 2 is 1.90 bits per heavy atom.